The van der Waals surface area contributed by atoms with E-state index < -0.39 is 6.10 Å². The van der Waals surface area contributed by atoms with E-state index in [1.54, 1.807) is 6.20 Å². The van der Waals surface area contributed by atoms with Gasteiger partial charge in [-0.25, -0.2) is 4.79 Å². The first-order valence-corrected chi connectivity index (χ1v) is 12.9. The fraction of sp³-hybridized carbons (Fsp3) is 0.519. The van der Waals surface area contributed by atoms with E-state index in [4.69, 9.17) is 9.47 Å². The highest BCUT2D eigenvalue weighted by Crippen LogP contribution is 2.47. The van der Waals surface area contributed by atoms with Crippen LogP contribution in [0.4, 0.5) is 10.5 Å². The summed E-state index contributed by atoms with van der Waals surface area (Å²) in [5.74, 6) is 0.558. The first-order valence-electron chi connectivity index (χ1n) is 12.9. The molecule has 1 aromatic carbocycles. The molecule has 1 saturated heterocycles. The lowest BCUT2D eigenvalue weighted by Crippen LogP contribution is -2.47. The molecule has 1 aromatic heterocycles. The van der Waals surface area contributed by atoms with Gasteiger partial charge in [-0.2, -0.15) is 0 Å². The maximum atomic E-state index is 12.6. The number of carbonyl (C=O) groups excluding carboxylic acids is 2. The molecule has 2 aliphatic heterocycles. The van der Waals surface area contributed by atoms with Crippen molar-refractivity contribution in [2.45, 2.75) is 81.8 Å². The van der Waals surface area contributed by atoms with Gasteiger partial charge in [0.05, 0.1) is 31.4 Å². The molecule has 3 aliphatic rings. The van der Waals surface area contributed by atoms with Crippen LogP contribution in [-0.4, -0.2) is 53.0 Å². The molecule has 0 bridgehead atoms. The zero-order valence-corrected chi connectivity index (χ0v) is 20.3. The minimum atomic E-state index is -0.532. The van der Waals surface area contributed by atoms with Crippen LogP contribution >= 0.6 is 0 Å². The first kappa shape index (κ1) is 24.5. The molecule has 0 unspecified atom stereocenters. The highest BCUT2D eigenvalue weighted by molar-refractivity contribution is 5.89. The molecule has 2 fully saturated rings. The fourth-order valence-corrected chi connectivity index (χ4v) is 5.54. The number of ether oxygens (including phenoxy) is 2. The van der Waals surface area contributed by atoms with E-state index in [9.17, 15) is 14.7 Å². The molecule has 9 nitrogen and oxygen atoms in total. The van der Waals surface area contributed by atoms with Crippen LogP contribution in [0.25, 0.3) is 0 Å². The number of aromatic nitrogens is 1. The number of pyridine rings is 1. The second-order valence-corrected chi connectivity index (χ2v) is 9.89. The van der Waals surface area contributed by atoms with Gasteiger partial charge in [-0.1, -0.05) is 25.3 Å². The van der Waals surface area contributed by atoms with Crippen LogP contribution in [0.3, 0.4) is 0 Å². The van der Waals surface area contributed by atoms with Crippen molar-refractivity contribution in [3.8, 4) is 5.75 Å². The average Bonchev–Trinajstić information content (AvgIpc) is 3.26. The number of benzene rings is 1. The number of fused-ring (bicyclic) bond motifs is 3. The van der Waals surface area contributed by atoms with E-state index in [0.29, 0.717) is 18.7 Å². The Kier molecular flexibility index (Phi) is 7.67. The van der Waals surface area contributed by atoms with Crippen molar-refractivity contribution in [1.82, 2.24) is 15.6 Å². The number of hydrogen-bond acceptors (Lipinski definition) is 6. The standard InChI is InChI=1S/C27H34N4O5/c32-16-24-26-22(13-20(35-24)14-25(33)29-15-19-8-4-5-11-28-19)21-12-18(9-10-23(21)36-26)31-27(34)30-17-6-2-1-3-7-17/h4-5,8-12,17,20,22,24,26,32H,1-3,6-7,13-16H2,(H,29,33)(H2,30,31,34)/t20-,22+,24+,26-/m1/s1. The first-order chi connectivity index (χ1) is 17.6. The molecule has 3 amide bonds. The summed E-state index contributed by atoms with van der Waals surface area (Å²) in [6.45, 7) is 0.155. The number of urea groups is 1. The summed E-state index contributed by atoms with van der Waals surface area (Å²) >= 11 is 0. The predicted molar refractivity (Wildman–Crippen MR) is 134 cm³/mol. The molecule has 0 spiro atoms. The van der Waals surface area contributed by atoms with Crippen LogP contribution in [0.1, 0.15) is 62.1 Å². The number of rotatable bonds is 7. The van der Waals surface area contributed by atoms with Crippen molar-refractivity contribution in [2.24, 2.45) is 0 Å². The van der Waals surface area contributed by atoms with Crippen molar-refractivity contribution in [3.05, 3.63) is 53.9 Å². The fourth-order valence-electron chi connectivity index (χ4n) is 5.54. The number of hydrogen-bond donors (Lipinski definition) is 4. The monoisotopic (exact) mass is 494 g/mol. The van der Waals surface area contributed by atoms with Crippen LogP contribution in [0.15, 0.2) is 42.6 Å². The van der Waals surface area contributed by atoms with E-state index in [0.717, 1.165) is 42.7 Å². The summed E-state index contributed by atoms with van der Waals surface area (Å²) in [4.78, 5) is 29.4. The van der Waals surface area contributed by atoms with E-state index in [1.807, 2.05) is 36.4 Å². The Labute approximate surface area is 211 Å². The lowest BCUT2D eigenvalue weighted by atomic mass is 9.84. The SMILES string of the molecule is O=C(C[C@H]1C[C@H]2c3cc(NC(=O)NC4CCCCC4)ccc3O[C@H]2[C@H](CO)O1)NCc1ccccn1. The third kappa shape index (κ3) is 5.79. The van der Waals surface area contributed by atoms with Gasteiger partial charge in [0.15, 0.2) is 0 Å². The molecule has 4 N–H and O–H groups in total. The van der Waals surface area contributed by atoms with E-state index in [-0.39, 0.29) is 49.1 Å². The third-order valence-electron chi connectivity index (χ3n) is 7.30. The molecule has 192 valence electrons. The number of nitrogens with zero attached hydrogens (tertiary/aromatic N) is 1. The molecular formula is C27H34N4O5. The van der Waals surface area contributed by atoms with Crippen molar-refractivity contribution < 1.29 is 24.2 Å². The second-order valence-electron chi connectivity index (χ2n) is 9.89. The maximum absolute atomic E-state index is 12.6. The Morgan fingerprint density at radius 2 is 1.97 bits per heavy atom. The van der Waals surface area contributed by atoms with Gasteiger partial charge in [0.1, 0.15) is 18.0 Å². The number of amides is 3. The minimum Gasteiger partial charge on any atom is -0.487 e. The smallest absolute Gasteiger partial charge is 0.319 e. The van der Waals surface area contributed by atoms with E-state index in [2.05, 4.69) is 20.9 Å². The van der Waals surface area contributed by atoms with Crippen molar-refractivity contribution in [1.29, 1.82) is 0 Å². The van der Waals surface area contributed by atoms with Crippen molar-refractivity contribution >= 4 is 17.6 Å². The molecule has 1 saturated carbocycles. The largest absolute Gasteiger partial charge is 0.487 e. The Morgan fingerprint density at radius 3 is 2.75 bits per heavy atom. The number of carbonyl (C=O) groups is 2. The summed E-state index contributed by atoms with van der Waals surface area (Å²) < 4.78 is 12.2. The molecule has 36 heavy (non-hydrogen) atoms. The van der Waals surface area contributed by atoms with Gasteiger partial charge in [0.2, 0.25) is 5.91 Å². The average molecular weight is 495 g/mol. The van der Waals surface area contributed by atoms with Crippen molar-refractivity contribution in [2.75, 3.05) is 11.9 Å². The van der Waals surface area contributed by atoms with Gasteiger partial charge in [-0.3, -0.25) is 9.78 Å². The molecule has 1 aliphatic carbocycles. The molecule has 9 heteroatoms. The number of anilines is 1. The minimum absolute atomic E-state index is 0.0392. The molecule has 0 radical (unpaired) electrons. The van der Waals surface area contributed by atoms with Gasteiger partial charge in [-0.15, -0.1) is 0 Å². The number of nitrogens with one attached hydrogen (secondary N) is 3. The maximum Gasteiger partial charge on any atom is 0.319 e. The van der Waals surface area contributed by atoms with Gasteiger partial charge in [0, 0.05) is 29.4 Å². The second kappa shape index (κ2) is 11.3. The lowest BCUT2D eigenvalue weighted by Gasteiger charge is -2.37. The highest BCUT2D eigenvalue weighted by Gasteiger charge is 2.46. The zero-order chi connectivity index (χ0) is 24.9. The van der Waals surface area contributed by atoms with Crippen LogP contribution < -0.4 is 20.7 Å². The van der Waals surface area contributed by atoms with Gasteiger partial charge < -0.3 is 30.5 Å². The Morgan fingerprint density at radius 1 is 1.11 bits per heavy atom. The summed E-state index contributed by atoms with van der Waals surface area (Å²) in [6.07, 6.45) is 6.83. The molecule has 3 heterocycles. The van der Waals surface area contributed by atoms with Crippen LogP contribution in [0, 0.1) is 0 Å². The summed E-state index contributed by atoms with van der Waals surface area (Å²) in [6, 6.07) is 11.2. The highest BCUT2D eigenvalue weighted by atomic mass is 16.6. The Bertz CT molecular complexity index is 1060. The van der Waals surface area contributed by atoms with Gasteiger partial charge >= 0.3 is 6.03 Å². The van der Waals surface area contributed by atoms with E-state index >= 15 is 0 Å². The third-order valence-corrected chi connectivity index (χ3v) is 7.30. The predicted octanol–water partition coefficient (Wildman–Crippen LogP) is 3.24. The summed E-state index contributed by atoms with van der Waals surface area (Å²) in [5.41, 5.74) is 2.45. The van der Waals surface area contributed by atoms with Crippen LogP contribution in [0.5, 0.6) is 5.75 Å². The molecule has 5 rings (SSSR count). The number of aliphatic hydroxyl groups excluding tert-OH is 1. The Balaban J connectivity index is 1.21. The van der Waals surface area contributed by atoms with Gasteiger partial charge in [-0.05, 0) is 49.6 Å². The quantitative estimate of drug-likeness (QED) is 0.469. The summed E-state index contributed by atoms with van der Waals surface area (Å²) in [5, 5.41) is 18.9. The normalized spacial score (nSPS) is 25.2. The Hall–Kier alpha value is -3.17. The topological polar surface area (TPSA) is 122 Å². The van der Waals surface area contributed by atoms with Crippen molar-refractivity contribution in [3.63, 3.8) is 0 Å². The van der Waals surface area contributed by atoms with Gasteiger partial charge in [0.25, 0.3) is 0 Å². The molecule has 4 atom stereocenters. The van der Waals surface area contributed by atoms with Crippen LogP contribution in [-0.2, 0) is 16.1 Å². The molecule has 2 aromatic rings. The van der Waals surface area contributed by atoms with E-state index in [1.165, 1.54) is 6.42 Å². The number of aliphatic hydroxyl groups is 1. The van der Waals surface area contributed by atoms with Crippen LogP contribution in [0.2, 0.25) is 0 Å². The lowest BCUT2D eigenvalue weighted by molar-refractivity contribution is -0.142. The zero-order valence-electron chi connectivity index (χ0n) is 20.3. The summed E-state index contributed by atoms with van der Waals surface area (Å²) in [7, 11) is 0. The molecular weight excluding hydrogens is 460 g/mol.